The van der Waals surface area contributed by atoms with Crippen molar-refractivity contribution in [1.82, 2.24) is 5.32 Å². The highest BCUT2D eigenvalue weighted by Crippen LogP contribution is 2.38. The zero-order chi connectivity index (χ0) is 19.8. The van der Waals surface area contributed by atoms with Crippen LogP contribution < -0.4 is 24.3 Å². The minimum absolute atomic E-state index is 0.253. The minimum Gasteiger partial charge on any atom is -0.493 e. The lowest BCUT2D eigenvalue weighted by molar-refractivity contribution is -0.127. The molecule has 0 aliphatic rings. The molecule has 142 valence electrons. The van der Waals surface area contributed by atoms with E-state index in [0.29, 0.717) is 28.6 Å². The first-order chi connectivity index (χ1) is 13.0. The molecule has 0 bridgehead atoms. The fraction of sp³-hybridized carbons (Fsp3) is 0.300. The van der Waals surface area contributed by atoms with Crippen LogP contribution in [0.25, 0.3) is 0 Å². The van der Waals surface area contributed by atoms with Gasteiger partial charge in [-0.1, -0.05) is 12.1 Å². The van der Waals surface area contributed by atoms with Crippen LogP contribution in [0.2, 0.25) is 0 Å². The summed E-state index contributed by atoms with van der Waals surface area (Å²) in [5.74, 6) is 1.56. The van der Waals surface area contributed by atoms with E-state index in [1.54, 1.807) is 43.3 Å². The third kappa shape index (κ3) is 4.82. The Morgan fingerprint density at radius 2 is 1.70 bits per heavy atom. The van der Waals surface area contributed by atoms with Gasteiger partial charge in [0, 0.05) is 6.54 Å². The Balaban J connectivity index is 2.05. The monoisotopic (exact) mass is 370 g/mol. The molecule has 0 saturated carbocycles. The number of carbonyl (C=O) groups is 1. The molecule has 0 radical (unpaired) electrons. The van der Waals surface area contributed by atoms with E-state index in [-0.39, 0.29) is 12.5 Å². The van der Waals surface area contributed by atoms with Crippen molar-refractivity contribution in [2.75, 3.05) is 21.3 Å². The third-order valence-corrected chi connectivity index (χ3v) is 3.87. The number of carbonyl (C=O) groups excluding carboxylic acids is 1. The summed E-state index contributed by atoms with van der Waals surface area (Å²) < 4.78 is 21.5. The second-order valence-corrected chi connectivity index (χ2v) is 5.62. The molecule has 7 heteroatoms. The van der Waals surface area contributed by atoms with E-state index in [2.05, 4.69) is 5.32 Å². The zero-order valence-corrected chi connectivity index (χ0v) is 15.7. The number of para-hydroxylation sites is 1. The molecule has 0 aromatic heterocycles. The topological polar surface area (TPSA) is 89.8 Å². The Kier molecular flexibility index (Phi) is 6.89. The molecule has 0 fully saturated rings. The highest BCUT2D eigenvalue weighted by molar-refractivity contribution is 5.80. The zero-order valence-electron chi connectivity index (χ0n) is 15.7. The molecule has 0 spiro atoms. The SMILES string of the molecule is COc1cc(CNC(=O)C(C)Oc2ccccc2C#N)cc(OC)c1OC. The normalized spacial score (nSPS) is 11.1. The largest absolute Gasteiger partial charge is 0.493 e. The van der Waals surface area contributed by atoms with Crippen molar-refractivity contribution < 1.29 is 23.7 Å². The highest BCUT2D eigenvalue weighted by Gasteiger charge is 2.17. The van der Waals surface area contributed by atoms with Crippen molar-refractivity contribution >= 4 is 5.91 Å². The molecule has 7 nitrogen and oxygen atoms in total. The standard InChI is InChI=1S/C20H22N2O5/c1-13(27-16-8-6-5-7-15(16)11-21)20(23)22-12-14-9-17(24-2)19(26-4)18(10-14)25-3/h5-10,13H,12H2,1-4H3,(H,22,23). The molecule has 0 aliphatic heterocycles. The molecule has 1 atom stereocenters. The van der Waals surface area contributed by atoms with Crippen molar-refractivity contribution in [1.29, 1.82) is 5.26 Å². The molecule has 2 rings (SSSR count). The van der Waals surface area contributed by atoms with Gasteiger partial charge in [0.15, 0.2) is 17.6 Å². The summed E-state index contributed by atoms with van der Waals surface area (Å²) in [6.45, 7) is 1.88. The van der Waals surface area contributed by atoms with E-state index < -0.39 is 6.10 Å². The molecule has 1 amide bonds. The second-order valence-electron chi connectivity index (χ2n) is 5.62. The Hall–Kier alpha value is -3.40. The second kappa shape index (κ2) is 9.34. The smallest absolute Gasteiger partial charge is 0.261 e. The molecule has 2 aromatic carbocycles. The van der Waals surface area contributed by atoms with Gasteiger partial charge in [0.2, 0.25) is 5.75 Å². The Labute approximate surface area is 158 Å². The number of hydrogen-bond acceptors (Lipinski definition) is 6. The quantitative estimate of drug-likeness (QED) is 0.768. The summed E-state index contributed by atoms with van der Waals surface area (Å²) in [4.78, 5) is 12.3. The van der Waals surface area contributed by atoms with E-state index >= 15 is 0 Å². The van der Waals surface area contributed by atoms with E-state index in [9.17, 15) is 4.79 Å². The van der Waals surface area contributed by atoms with Crippen LogP contribution in [0.5, 0.6) is 23.0 Å². The Bertz CT molecular complexity index is 820. The molecular formula is C20H22N2O5. The average Bonchev–Trinajstić information content (AvgIpc) is 2.71. The Morgan fingerprint density at radius 1 is 1.07 bits per heavy atom. The fourth-order valence-electron chi connectivity index (χ4n) is 2.48. The lowest BCUT2D eigenvalue weighted by Gasteiger charge is -2.17. The van der Waals surface area contributed by atoms with Crippen molar-refractivity contribution in [3.8, 4) is 29.1 Å². The Morgan fingerprint density at radius 3 is 2.26 bits per heavy atom. The third-order valence-electron chi connectivity index (χ3n) is 3.87. The molecule has 0 heterocycles. The van der Waals surface area contributed by atoms with Crippen LogP contribution in [-0.2, 0) is 11.3 Å². The minimum atomic E-state index is -0.762. The van der Waals surface area contributed by atoms with Crippen LogP contribution in [0.15, 0.2) is 36.4 Å². The van der Waals surface area contributed by atoms with Gasteiger partial charge in [-0.05, 0) is 36.8 Å². The van der Waals surface area contributed by atoms with Crippen molar-refractivity contribution in [3.05, 3.63) is 47.5 Å². The van der Waals surface area contributed by atoms with Gasteiger partial charge in [-0.25, -0.2) is 0 Å². The molecule has 2 aromatic rings. The van der Waals surface area contributed by atoms with Gasteiger partial charge < -0.3 is 24.3 Å². The maximum absolute atomic E-state index is 12.3. The van der Waals surface area contributed by atoms with Gasteiger partial charge in [-0.3, -0.25) is 4.79 Å². The summed E-state index contributed by atoms with van der Waals surface area (Å²) in [6.07, 6.45) is -0.762. The molecular weight excluding hydrogens is 348 g/mol. The summed E-state index contributed by atoms with van der Waals surface area (Å²) in [5.41, 5.74) is 1.16. The maximum atomic E-state index is 12.3. The number of amides is 1. The molecule has 1 unspecified atom stereocenters. The summed E-state index contributed by atoms with van der Waals surface area (Å²) in [7, 11) is 4.59. The predicted molar refractivity (Wildman–Crippen MR) is 99.2 cm³/mol. The lowest BCUT2D eigenvalue weighted by Crippen LogP contribution is -2.36. The number of nitriles is 1. The number of nitrogens with zero attached hydrogens (tertiary/aromatic N) is 1. The van der Waals surface area contributed by atoms with Gasteiger partial charge in [0.05, 0.1) is 26.9 Å². The fourth-order valence-corrected chi connectivity index (χ4v) is 2.48. The number of rotatable bonds is 8. The molecule has 27 heavy (non-hydrogen) atoms. The van der Waals surface area contributed by atoms with Crippen molar-refractivity contribution in [2.24, 2.45) is 0 Å². The summed E-state index contributed by atoms with van der Waals surface area (Å²) in [6, 6.07) is 12.3. The maximum Gasteiger partial charge on any atom is 0.261 e. The van der Waals surface area contributed by atoms with E-state index in [0.717, 1.165) is 5.56 Å². The van der Waals surface area contributed by atoms with E-state index in [1.165, 1.54) is 21.3 Å². The number of benzene rings is 2. The predicted octanol–water partition coefficient (Wildman–Crippen LogP) is 2.67. The van der Waals surface area contributed by atoms with Crippen LogP contribution in [0.4, 0.5) is 0 Å². The average molecular weight is 370 g/mol. The van der Waals surface area contributed by atoms with Crippen LogP contribution in [0.3, 0.4) is 0 Å². The van der Waals surface area contributed by atoms with Crippen LogP contribution in [-0.4, -0.2) is 33.3 Å². The number of ether oxygens (including phenoxy) is 4. The van der Waals surface area contributed by atoms with Crippen LogP contribution in [0.1, 0.15) is 18.1 Å². The lowest BCUT2D eigenvalue weighted by atomic mass is 10.1. The van der Waals surface area contributed by atoms with Crippen molar-refractivity contribution in [3.63, 3.8) is 0 Å². The highest BCUT2D eigenvalue weighted by atomic mass is 16.5. The molecule has 0 aliphatic carbocycles. The van der Waals surface area contributed by atoms with Gasteiger partial charge >= 0.3 is 0 Å². The first kappa shape index (κ1) is 19.9. The first-order valence-electron chi connectivity index (χ1n) is 8.26. The van der Waals surface area contributed by atoms with Gasteiger partial charge in [0.25, 0.3) is 5.91 Å². The number of methoxy groups -OCH3 is 3. The van der Waals surface area contributed by atoms with Gasteiger partial charge in [-0.15, -0.1) is 0 Å². The number of hydrogen-bond donors (Lipinski definition) is 1. The van der Waals surface area contributed by atoms with Crippen LogP contribution >= 0.6 is 0 Å². The summed E-state index contributed by atoms with van der Waals surface area (Å²) in [5, 5.41) is 11.9. The number of nitrogens with one attached hydrogen (secondary N) is 1. The van der Waals surface area contributed by atoms with Gasteiger partial charge in [-0.2, -0.15) is 5.26 Å². The summed E-state index contributed by atoms with van der Waals surface area (Å²) >= 11 is 0. The molecule has 0 saturated heterocycles. The van der Waals surface area contributed by atoms with E-state index in [4.69, 9.17) is 24.2 Å². The van der Waals surface area contributed by atoms with Gasteiger partial charge in [0.1, 0.15) is 11.8 Å². The van der Waals surface area contributed by atoms with Crippen LogP contribution in [0, 0.1) is 11.3 Å². The molecule has 1 N–H and O–H groups in total. The van der Waals surface area contributed by atoms with E-state index in [1.807, 2.05) is 6.07 Å². The first-order valence-corrected chi connectivity index (χ1v) is 8.26. The van der Waals surface area contributed by atoms with Crippen molar-refractivity contribution in [2.45, 2.75) is 19.6 Å².